The van der Waals surface area contributed by atoms with E-state index in [1.165, 1.54) is 0 Å². The van der Waals surface area contributed by atoms with Gasteiger partial charge in [0.1, 0.15) is 24.3 Å². The van der Waals surface area contributed by atoms with Crippen LogP contribution in [0.4, 0.5) is 11.6 Å². The van der Waals surface area contributed by atoms with Crippen LogP contribution in [0.3, 0.4) is 0 Å². The van der Waals surface area contributed by atoms with Crippen molar-refractivity contribution in [2.45, 2.75) is 32.4 Å². The Bertz CT molecular complexity index is 467. The van der Waals surface area contributed by atoms with E-state index < -0.39 is 0 Å². The molecule has 2 heterocycles. The molecule has 0 bridgehead atoms. The minimum atomic E-state index is -0.274. The first-order chi connectivity index (χ1) is 9.72. The van der Waals surface area contributed by atoms with Gasteiger partial charge >= 0.3 is 0 Å². The standard InChI is InChI=1S/C12H20N6O2/c1-2-20-7-11-16-9(6-10(17-11)18-13)15-8-4-3-5-14-12(8)19/h6,8H,2-5,7,13H2,1H3,(H,14,19)(H2,15,16,17,18). The number of amides is 1. The lowest BCUT2D eigenvalue weighted by atomic mass is 10.1. The maximum atomic E-state index is 11.7. The molecule has 0 aliphatic carbocycles. The van der Waals surface area contributed by atoms with E-state index in [0.29, 0.717) is 30.7 Å². The number of anilines is 2. The van der Waals surface area contributed by atoms with Crippen molar-refractivity contribution in [1.82, 2.24) is 15.3 Å². The number of nitrogen functional groups attached to an aromatic ring is 1. The van der Waals surface area contributed by atoms with Crippen molar-refractivity contribution in [2.75, 3.05) is 23.9 Å². The van der Waals surface area contributed by atoms with Gasteiger partial charge in [-0.3, -0.25) is 4.79 Å². The summed E-state index contributed by atoms with van der Waals surface area (Å²) >= 11 is 0. The Labute approximate surface area is 117 Å². The molecule has 1 amide bonds. The van der Waals surface area contributed by atoms with Gasteiger partial charge < -0.3 is 20.8 Å². The molecular weight excluding hydrogens is 260 g/mol. The summed E-state index contributed by atoms with van der Waals surface area (Å²) in [5.41, 5.74) is 2.49. The number of hydrogen-bond acceptors (Lipinski definition) is 7. The number of ether oxygens (including phenoxy) is 1. The molecule has 0 spiro atoms. The van der Waals surface area contributed by atoms with Crippen molar-refractivity contribution in [3.8, 4) is 0 Å². The fraction of sp³-hybridized carbons (Fsp3) is 0.583. The van der Waals surface area contributed by atoms with Gasteiger partial charge in [0.05, 0.1) is 0 Å². The first-order valence-electron chi connectivity index (χ1n) is 6.69. The average Bonchev–Trinajstić information content (AvgIpc) is 2.47. The van der Waals surface area contributed by atoms with Crippen LogP contribution >= 0.6 is 0 Å². The number of rotatable bonds is 6. The zero-order valence-electron chi connectivity index (χ0n) is 11.5. The minimum absolute atomic E-state index is 0.0107. The Balaban J connectivity index is 2.10. The predicted octanol–water partition coefficient (Wildman–Crippen LogP) is -0.0108. The molecule has 1 saturated heterocycles. The Morgan fingerprint density at radius 1 is 1.50 bits per heavy atom. The number of carbonyl (C=O) groups excluding carboxylic acids is 1. The number of nitrogens with zero attached hydrogens (tertiary/aromatic N) is 2. The highest BCUT2D eigenvalue weighted by molar-refractivity contribution is 5.85. The van der Waals surface area contributed by atoms with Gasteiger partial charge in [-0.15, -0.1) is 0 Å². The Kier molecular flexibility index (Phi) is 5.08. The van der Waals surface area contributed by atoms with Crippen LogP contribution in [0.15, 0.2) is 6.07 Å². The molecule has 8 heteroatoms. The first kappa shape index (κ1) is 14.5. The summed E-state index contributed by atoms with van der Waals surface area (Å²) in [6.45, 7) is 3.51. The third-order valence-electron chi connectivity index (χ3n) is 2.96. The number of nitrogens with two attached hydrogens (primary N) is 1. The Hall–Kier alpha value is -1.93. The van der Waals surface area contributed by atoms with Gasteiger partial charge in [0, 0.05) is 19.2 Å². The van der Waals surface area contributed by atoms with Crippen LogP contribution in [0, 0.1) is 0 Å². The van der Waals surface area contributed by atoms with E-state index in [0.717, 1.165) is 19.4 Å². The predicted molar refractivity (Wildman–Crippen MR) is 74.8 cm³/mol. The smallest absolute Gasteiger partial charge is 0.242 e. The molecule has 8 nitrogen and oxygen atoms in total. The first-order valence-corrected chi connectivity index (χ1v) is 6.69. The summed E-state index contributed by atoms with van der Waals surface area (Å²) in [4.78, 5) is 20.2. The second kappa shape index (κ2) is 7.01. The third-order valence-corrected chi connectivity index (χ3v) is 2.96. The van der Waals surface area contributed by atoms with Crippen molar-refractivity contribution in [3.05, 3.63) is 11.9 Å². The normalized spacial score (nSPS) is 18.5. The van der Waals surface area contributed by atoms with E-state index in [-0.39, 0.29) is 11.9 Å². The van der Waals surface area contributed by atoms with Gasteiger partial charge in [0.15, 0.2) is 5.82 Å². The molecule has 1 atom stereocenters. The molecule has 2 rings (SSSR count). The van der Waals surface area contributed by atoms with Crippen molar-refractivity contribution in [3.63, 3.8) is 0 Å². The molecule has 1 fully saturated rings. The lowest BCUT2D eigenvalue weighted by molar-refractivity contribution is -0.123. The number of hydrazine groups is 1. The van der Waals surface area contributed by atoms with Gasteiger partial charge in [-0.2, -0.15) is 0 Å². The molecule has 1 unspecified atom stereocenters. The van der Waals surface area contributed by atoms with E-state index >= 15 is 0 Å². The summed E-state index contributed by atoms with van der Waals surface area (Å²) in [6.07, 6.45) is 1.73. The minimum Gasteiger partial charge on any atom is -0.374 e. The SMILES string of the molecule is CCOCc1nc(NN)cc(NC2CCCNC2=O)n1. The molecular formula is C12H20N6O2. The van der Waals surface area contributed by atoms with Crippen molar-refractivity contribution in [2.24, 2.45) is 5.84 Å². The second-order valence-corrected chi connectivity index (χ2v) is 4.47. The molecule has 20 heavy (non-hydrogen) atoms. The summed E-state index contributed by atoms with van der Waals surface area (Å²) in [5.74, 6) is 6.93. The topological polar surface area (TPSA) is 114 Å². The maximum absolute atomic E-state index is 11.7. The van der Waals surface area contributed by atoms with E-state index in [2.05, 4.69) is 26.0 Å². The molecule has 0 saturated carbocycles. The summed E-state index contributed by atoms with van der Waals surface area (Å²) in [5, 5.41) is 5.93. The third kappa shape index (κ3) is 3.78. The highest BCUT2D eigenvalue weighted by Crippen LogP contribution is 2.15. The molecule has 110 valence electrons. The average molecular weight is 280 g/mol. The quantitative estimate of drug-likeness (QED) is 0.428. The lowest BCUT2D eigenvalue weighted by Gasteiger charge is -2.23. The Morgan fingerprint density at radius 3 is 3.00 bits per heavy atom. The highest BCUT2D eigenvalue weighted by Gasteiger charge is 2.22. The monoisotopic (exact) mass is 280 g/mol. The summed E-state index contributed by atoms with van der Waals surface area (Å²) in [7, 11) is 0. The highest BCUT2D eigenvalue weighted by atomic mass is 16.5. The zero-order chi connectivity index (χ0) is 14.4. The number of nitrogens with one attached hydrogen (secondary N) is 3. The molecule has 1 aliphatic rings. The van der Waals surface area contributed by atoms with E-state index in [9.17, 15) is 4.79 Å². The van der Waals surface area contributed by atoms with Gasteiger partial charge in [-0.1, -0.05) is 0 Å². The van der Waals surface area contributed by atoms with Crippen LogP contribution in [0.1, 0.15) is 25.6 Å². The van der Waals surface area contributed by atoms with Gasteiger partial charge in [-0.25, -0.2) is 15.8 Å². The van der Waals surface area contributed by atoms with E-state index in [4.69, 9.17) is 10.6 Å². The van der Waals surface area contributed by atoms with Gasteiger partial charge in [0.2, 0.25) is 5.91 Å². The fourth-order valence-corrected chi connectivity index (χ4v) is 1.99. The van der Waals surface area contributed by atoms with Crippen LogP contribution < -0.4 is 21.9 Å². The van der Waals surface area contributed by atoms with Crippen molar-refractivity contribution >= 4 is 17.5 Å². The van der Waals surface area contributed by atoms with Crippen molar-refractivity contribution in [1.29, 1.82) is 0 Å². The molecule has 0 radical (unpaired) electrons. The van der Waals surface area contributed by atoms with E-state index in [1.807, 2.05) is 6.92 Å². The van der Waals surface area contributed by atoms with Gasteiger partial charge in [-0.05, 0) is 19.8 Å². The molecule has 1 aliphatic heterocycles. The molecule has 1 aromatic heterocycles. The summed E-state index contributed by atoms with van der Waals surface area (Å²) < 4.78 is 5.28. The van der Waals surface area contributed by atoms with Gasteiger partial charge in [0.25, 0.3) is 0 Å². The molecule has 0 aromatic carbocycles. The molecule has 5 N–H and O–H groups in total. The van der Waals surface area contributed by atoms with Crippen LogP contribution in [0.2, 0.25) is 0 Å². The lowest BCUT2D eigenvalue weighted by Crippen LogP contribution is -2.44. The van der Waals surface area contributed by atoms with Crippen molar-refractivity contribution < 1.29 is 9.53 Å². The number of piperidine rings is 1. The largest absolute Gasteiger partial charge is 0.374 e. The number of aromatic nitrogens is 2. The van der Waals surface area contributed by atoms with Crippen LogP contribution in [0.25, 0.3) is 0 Å². The van der Waals surface area contributed by atoms with E-state index in [1.54, 1.807) is 6.07 Å². The summed E-state index contributed by atoms with van der Waals surface area (Å²) in [6, 6.07) is 1.39. The maximum Gasteiger partial charge on any atom is 0.242 e. The number of hydrogen-bond donors (Lipinski definition) is 4. The Morgan fingerprint density at radius 2 is 2.30 bits per heavy atom. The zero-order valence-corrected chi connectivity index (χ0v) is 11.5. The van der Waals surface area contributed by atoms with Crippen LogP contribution in [-0.4, -0.2) is 35.1 Å². The van der Waals surface area contributed by atoms with Crippen LogP contribution in [-0.2, 0) is 16.1 Å². The number of carbonyl (C=O) groups is 1. The van der Waals surface area contributed by atoms with Crippen LogP contribution in [0.5, 0.6) is 0 Å². The fourth-order valence-electron chi connectivity index (χ4n) is 1.99. The molecule has 1 aromatic rings. The second-order valence-electron chi connectivity index (χ2n) is 4.47.